The molecule has 0 aliphatic carbocycles. The number of methoxy groups -OCH3 is 2. The highest BCUT2D eigenvalue weighted by molar-refractivity contribution is 5.22. The molecule has 0 unspecified atom stereocenters. The largest absolute Gasteiger partial charge is 0.356 e. The van der Waals surface area contributed by atoms with Crippen molar-refractivity contribution in [2.45, 2.75) is 19.3 Å². The molecule has 0 amide bonds. The summed E-state index contributed by atoms with van der Waals surface area (Å²) in [6.07, 6.45) is 0.594. The highest BCUT2D eigenvalue weighted by atomic mass is 16.7. The molecule has 0 atom stereocenters. The molecule has 0 heterocycles. The van der Waals surface area contributed by atoms with Gasteiger partial charge in [0.25, 0.3) is 0 Å². The van der Waals surface area contributed by atoms with E-state index in [0.717, 1.165) is 12.0 Å². The van der Waals surface area contributed by atoms with E-state index in [1.54, 1.807) is 14.2 Å². The number of hydrogen-bond acceptors (Lipinski definition) is 3. The van der Waals surface area contributed by atoms with Crippen molar-refractivity contribution in [3.63, 3.8) is 0 Å². The van der Waals surface area contributed by atoms with Crippen LogP contribution < -0.4 is 5.73 Å². The summed E-state index contributed by atoms with van der Waals surface area (Å²) in [6.45, 7) is 0.582. The fourth-order valence-electron chi connectivity index (χ4n) is 1.27. The van der Waals surface area contributed by atoms with Gasteiger partial charge in [0.05, 0.1) is 0 Å². The summed E-state index contributed by atoms with van der Waals surface area (Å²) in [5.41, 5.74) is 7.83. The lowest BCUT2D eigenvalue weighted by molar-refractivity contribution is -0.100. The molecule has 3 heteroatoms. The van der Waals surface area contributed by atoms with Crippen LogP contribution in [-0.4, -0.2) is 20.5 Å². The average molecular weight is 195 g/mol. The van der Waals surface area contributed by atoms with E-state index < -0.39 is 0 Å². The van der Waals surface area contributed by atoms with E-state index in [0.29, 0.717) is 6.54 Å². The summed E-state index contributed by atoms with van der Waals surface area (Å²) >= 11 is 0. The average Bonchev–Trinajstić information content (AvgIpc) is 2.26. The minimum absolute atomic E-state index is 0.168. The Hall–Kier alpha value is -0.900. The second-order valence-corrected chi connectivity index (χ2v) is 3.13. The first-order valence-electron chi connectivity index (χ1n) is 4.63. The Kier molecular flexibility index (Phi) is 4.59. The minimum Gasteiger partial charge on any atom is -0.356 e. The molecule has 1 aromatic carbocycles. The molecule has 14 heavy (non-hydrogen) atoms. The Labute approximate surface area is 84.8 Å². The molecule has 0 saturated carbocycles. The highest BCUT2D eigenvalue weighted by Crippen LogP contribution is 2.08. The van der Waals surface area contributed by atoms with Crippen molar-refractivity contribution in [3.05, 3.63) is 35.4 Å². The fraction of sp³-hybridized carbons (Fsp3) is 0.455. The maximum Gasteiger partial charge on any atom is 0.160 e. The second kappa shape index (κ2) is 5.75. The van der Waals surface area contributed by atoms with Gasteiger partial charge in [-0.1, -0.05) is 24.3 Å². The predicted octanol–water partition coefficient (Wildman–Crippen LogP) is 1.31. The molecule has 0 radical (unpaired) electrons. The van der Waals surface area contributed by atoms with Crippen LogP contribution in [0.25, 0.3) is 0 Å². The van der Waals surface area contributed by atoms with E-state index in [9.17, 15) is 0 Å². The zero-order chi connectivity index (χ0) is 10.4. The maximum atomic E-state index is 5.50. The van der Waals surface area contributed by atoms with Crippen molar-refractivity contribution in [1.29, 1.82) is 0 Å². The van der Waals surface area contributed by atoms with E-state index in [2.05, 4.69) is 0 Å². The molecule has 0 aliphatic heterocycles. The highest BCUT2D eigenvalue weighted by Gasteiger charge is 2.05. The topological polar surface area (TPSA) is 44.5 Å². The Morgan fingerprint density at radius 2 is 1.57 bits per heavy atom. The van der Waals surface area contributed by atoms with Gasteiger partial charge in [0.2, 0.25) is 0 Å². The van der Waals surface area contributed by atoms with Gasteiger partial charge in [-0.25, -0.2) is 0 Å². The lowest BCUT2D eigenvalue weighted by Crippen LogP contribution is -2.16. The molecule has 0 bridgehead atoms. The van der Waals surface area contributed by atoms with Gasteiger partial charge in [0.15, 0.2) is 6.29 Å². The smallest absolute Gasteiger partial charge is 0.160 e. The van der Waals surface area contributed by atoms with Crippen LogP contribution in [0.2, 0.25) is 0 Å². The van der Waals surface area contributed by atoms with Gasteiger partial charge in [-0.15, -0.1) is 0 Å². The zero-order valence-electron chi connectivity index (χ0n) is 8.69. The monoisotopic (exact) mass is 195 g/mol. The van der Waals surface area contributed by atoms with E-state index in [1.165, 1.54) is 5.56 Å². The Bertz CT molecular complexity index is 254. The van der Waals surface area contributed by atoms with Crippen LogP contribution in [0.3, 0.4) is 0 Å². The fourth-order valence-corrected chi connectivity index (χ4v) is 1.27. The zero-order valence-corrected chi connectivity index (χ0v) is 8.69. The molecular formula is C11H17NO2. The molecule has 0 aromatic heterocycles. The number of rotatable bonds is 5. The van der Waals surface area contributed by atoms with Crippen molar-refractivity contribution < 1.29 is 9.47 Å². The lowest BCUT2D eigenvalue weighted by atomic mass is 10.1. The SMILES string of the molecule is COC(Cc1ccc(CN)cc1)OC. The molecule has 1 aromatic rings. The quantitative estimate of drug-likeness (QED) is 0.720. The number of hydrogen-bond donors (Lipinski definition) is 1. The van der Waals surface area contributed by atoms with E-state index in [-0.39, 0.29) is 6.29 Å². The minimum atomic E-state index is -0.168. The molecule has 3 nitrogen and oxygen atoms in total. The lowest BCUT2D eigenvalue weighted by Gasteiger charge is -2.13. The third-order valence-corrected chi connectivity index (χ3v) is 2.19. The van der Waals surface area contributed by atoms with Gasteiger partial charge in [0.1, 0.15) is 0 Å². The van der Waals surface area contributed by atoms with Gasteiger partial charge in [0, 0.05) is 27.2 Å². The molecule has 0 spiro atoms. The maximum absolute atomic E-state index is 5.50. The van der Waals surface area contributed by atoms with Gasteiger partial charge >= 0.3 is 0 Å². The van der Waals surface area contributed by atoms with Crippen molar-refractivity contribution in [2.24, 2.45) is 5.73 Å². The van der Waals surface area contributed by atoms with Crippen LogP contribution in [0, 0.1) is 0 Å². The standard InChI is InChI=1S/C11H17NO2/c1-13-11(14-2)7-9-3-5-10(8-12)6-4-9/h3-6,11H,7-8,12H2,1-2H3. The molecule has 0 saturated heterocycles. The first-order valence-corrected chi connectivity index (χ1v) is 4.63. The summed E-state index contributed by atoms with van der Waals surface area (Å²) < 4.78 is 10.2. The Morgan fingerprint density at radius 3 is 2.00 bits per heavy atom. The number of nitrogens with two attached hydrogens (primary N) is 1. The summed E-state index contributed by atoms with van der Waals surface area (Å²) in [7, 11) is 3.28. The summed E-state index contributed by atoms with van der Waals surface area (Å²) in [6, 6.07) is 8.15. The molecule has 2 N–H and O–H groups in total. The van der Waals surface area contributed by atoms with E-state index >= 15 is 0 Å². The summed E-state index contributed by atoms with van der Waals surface area (Å²) in [5, 5.41) is 0. The number of ether oxygens (including phenoxy) is 2. The molecule has 0 fully saturated rings. The van der Waals surface area contributed by atoms with Crippen LogP contribution in [0.1, 0.15) is 11.1 Å². The third-order valence-electron chi connectivity index (χ3n) is 2.19. The normalized spacial score (nSPS) is 10.9. The van der Waals surface area contributed by atoms with Crippen LogP contribution in [-0.2, 0) is 22.4 Å². The van der Waals surface area contributed by atoms with Crippen molar-refractivity contribution in [1.82, 2.24) is 0 Å². The van der Waals surface area contributed by atoms with E-state index in [4.69, 9.17) is 15.2 Å². The molecule has 78 valence electrons. The predicted molar refractivity (Wildman–Crippen MR) is 55.8 cm³/mol. The van der Waals surface area contributed by atoms with Gasteiger partial charge in [-0.05, 0) is 11.1 Å². The molecule has 1 rings (SSSR count). The van der Waals surface area contributed by atoms with Crippen molar-refractivity contribution >= 4 is 0 Å². The van der Waals surface area contributed by atoms with Gasteiger partial charge in [-0.3, -0.25) is 0 Å². The number of benzene rings is 1. The summed E-state index contributed by atoms with van der Waals surface area (Å²) in [5.74, 6) is 0. The second-order valence-electron chi connectivity index (χ2n) is 3.13. The first kappa shape index (κ1) is 11.2. The Balaban J connectivity index is 2.58. The van der Waals surface area contributed by atoms with Crippen molar-refractivity contribution in [2.75, 3.05) is 14.2 Å². The van der Waals surface area contributed by atoms with Crippen molar-refractivity contribution in [3.8, 4) is 0 Å². The van der Waals surface area contributed by atoms with Gasteiger partial charge < -0.3 is 15.2 Å². The third kappa shape index (κ3) is 3.10. The Morgan fingerprint density at radius 1 is 1.07 bits per heavy atom. The van der Waals surface area contributed by atoms with Gasteiger partial charge in [-0.2, -0.15) is 0 Å². The van der Waals surface area contributed by atoms with Crippen LogP contribution in [0.5, 0.6) is 0 Å². The van der Waals surface area contributed by atoms with Crippen LogP contribution in [0.15, 0.2) is 24.3 Å². The molecular weight excluding hydrogens is 178 g/mol. The van der Waals surface area contributed by atoms with Crippen LogP contribution in [0.4, 0.5) is 0 Å². The summed E-state index contributed by atoms with van der Waals surface area (Å²) in [4.78, 5) is 0. The first-order chi connectivity index (χ1) is 6.80. The van der Waals surface area contributed by atoms with Crippen LogP contribution >= 0.6 is 0 Å². The molecule has 0 aliphatic rings. The van der Waals surface area contributed by atoms with E-state index in [1.807, 2.05) is 24.3 Å².